The van der Waals surface area contributed by atoms with Crippen LogP contribution in [0.1, 0.15) is 13.3 Å². The summed E-state index contributed by atoms with van der Waals surface area (Å²) in [6.45, 7) is 2.88. The Balaban J connectivity index is 3.72. The molecule has 8 nitrogen and oxygen atoms in total. The third-order valence-electron chi connectivity index (χ3n) is 2.29. The maximum absolute atomic E-state index is 11.4. The van der Waals surface area contributed by atoms with Gasteiger partial charge in [0.25, 0.3) is 0 Å². The van der Waals surface area contributed by atoms with Crippen LogP contribution in [0.15, 0.2) is 0 Å². The molecule has 19 heavy (non-hydrogen) atoms. The molecule has 1 atom stereocenters. The van der Waals surface area contributed by atoms with E-state index in [0.717, 1.165) is 0 Å². The molecular formula is C11H22N4O4. The molecule has 0 saturated carbocycles. The summed E-state index contributed by atoms with van der Waals surface area (Å²) in [5.41, 5.74) is 0. The van der Waals surface area contributed by atoms with Gasteiger partial charge in [-0.25, -0.2) is 4.79 Å². The van der Waals surface area contributed by atoms with Crippen molar-refractivity contribution in [3.8, 4) is 0 Å². The van der Waals surface area contributed by atoms with E-state index in [1.807, 2.05) is 0 Å². The molecular weight excluding hydrogens is 252 g/mol. The Morgan fingerprint density at radius 1 is 1.21 bits per heavy atom. The minimum Gasteiger partial charge on any atom is -0.383 e. The number of methoxy groups -OCH3 is 1. The monoisotopic (exact) mass is 274 g/mol. The number of ether oxygens (including phenoxy) is 1. The van der Waals surface area contributed by atoms with E-state index in [-0.39, 0.29) is 12.3 Å². The average molecular weight is 274 g/mol. The first-order valence-electron chi connectivity index (χ1n) is 6.02. The van der Waals surface area contributed by atoms with Crippen LogP contribution in [-0.4, -0.2) is 57.7 Å². The Hall–Kier alpha value is -1.67. The van der Waals surface area contributed by atoms with Crippen molar-refractivity contribution in [2.24, 2.45) is 0 Å². The molecule has 0 bridgehead atoms. The third-order valence-corrected chi connectivity index (χ3v) is 2.29. The lowest BCUT2D eigenvalue weighted by Gasteiger charge is -2.13. The zero-order chi connectivity index (χ0) is 14.7. The standard InChI is InChI=1S/C11H22N4O4/c1-8(10(17)15-11(18)12-2)13-5-4-9(16)14-6-7-19-3/h8,13H,4-7H2,1-3H3,(H,14,16)(H2,12,15,17,18). The summed E-state index contributed by atoms with van der Waals surface area (Å²) in [6, 6.07) is -1.11. The fourth-order valence-electron chi connectivity index (χ4n) is 1.16. The van der Waals surface area contributed by atoms with Crippen LogP contribution in [0.4, 0.5) is 4.79 Å². The van der Waals surface area contributed by atoms with Crippen molar-refractivity contribution in [3.05, 3.63) is 0 Å². The molecule has 0 heterocycles. The zero-order valence-electron chi connectivity index (χ0n) is 11.5. The quantitative estimate of drug-likeness (QED) is 0.406. The lowest BCUT2D eigenvalue weighted by Crippen LogP contribution is -2.47. The van der Waals surface area contributed by atoms with E-state index < -0.39 is 18.0 Å². The van der Waals surface area contributed by atoms with Crippen molar-refractivity contribution in [2.75, 3.05) is 33.9 Å². The first kappa shape index (κ1) is 17.3. The van der Waals surface area contributed by atoms with Crippen LogP contribution in [-0.2, 0) is 14.3 Å². The highest BCUT2D eigenvalue weighted by Gasteiger charge is 2.14. The van der Waals surface area contributed by atoms with E-state index in [4.69, 9.17) is 4.74 Å². The highest BCUT2D eigenvalue weighted by atomic mass is 16.5. The summed E-state index contributed by atoms with van der Waals surface area (Å²) in [4.78, 5) is 33.7. The molecule has 0 aromatic carbocycles. The lowest BCUT2D eigenvalue weighted by molar-refractivity contribution is -0.123. The topological polar surface area (TPSA) is 109 Å². The molecule has 0 radical (unpaired) electrons. The van der Waals surface area contributed by atoms with Gasteiger partial charge in [-0.05, 0) is 6.92 Å². The van der Waals surface area contributed by atoms with Gasteiger partial charge < -0.3 is 20.7 Å². The Bertz CT molecular complexity index is 309. The molecule has 8 heteroatoms. The van der Waals surface area contributed by atoms with Gasteiger partial charge >= 0.3 is 6.03 Å². The maximum atomic E-state index is 11.4. The van der Waals surface area contributed by atoms with Crippen LogP contribution in [0.5, 0.6) is 0 Å². The second-order valence-electron chi connectivity index (χ2n) is 3.84. The zero-order valence-corrected chi connectivity index (χ0v) is 11.5. The van der Waals surface area contributed by atoms with E-state index >= 15 is 0 Å². The van der Waals surface area contributed by atoms with Crippen molar-refractivity contribution >= 4 is 17.8 Å². The Morgan fingerprint density at radius 2 is 1.89 bits per heavy atom. The summed E-state index contributed by atoms with van der Waals surface area (Å²) in [5, 5.41) is 9.93. The SMILES string of the molecule is CNC(=O)NC(=O)C(C)NCCC(=O)NCCOC. The summed E-state index contributed by atoms with van der Waals surface area (Å²) >= 11 is 0. The minimum absolute atomic E-state index is 0.122. The van der Waals surface area contributed by atoms with Crippen LogP contribution >= 0.6 is 0 Å². The molecule has 0 aromatic heterocycles. The van der Waals surface area contributed by atoms with E-state index in [0.29, 0.717) is 19.7 Å². The Labute approximate surface area is 112 Å². The van der Waals surface area contributed by atoms with Crippen molar-refractivity contribution in [1.82, 2.24) is 21.3 Å². The normalized spacial score (nSPS) is 11.5. The van der Waals surface area contributed by atoms with E-state index in [1.54, 1.807) is 14.0 Å². The summed E-state index contributed by atoms with van der Waals surface area (Å²) < 4.78 is 4.79. The molecule has 0 spiro atoms. The molecule has 1 unspecified atom stereocenters. The van der Waals surface area contributed by atoms with Gasteiger partial charge in [-0.15, -0.1) is 0 Å². The number of imide groups is 1. The first-order valence-corrected chi connectivity index (χ1v) is 6.02. The Kier molecular flexibility index (Phi) is 9.37. The number of hydrogen-bond acceptors (Lipinski definition) is 5. The molecule has 0 rings (SSSR count). The van der Waals surface area contributed by atoms with Gasteiger partial charge in [-0.3, -0.25) is 14.9 Å². The highest BCUT2D eigenvalue weighted by molar-refractivity contribution is 5.96. The van der Waals surface area contributed by atoms with Gasteiger partial charge in [0, 0.05) is 33.7 Å². The van der Waals surface area contributed by atoms with Crippen molar-refractivity contribution in [3.63, 3.8) is 0 Å². The summed E-state index contributed by atoms with van der Waals surface area (Å²) in [6.07, 6.45) is 0.251. The third kappa shape index (κ3) is 8.97. The maximum Gasteiger partial charge on any atom is 0.321 e. The largest absolute Gasteiger partial charge is 0.383 e. The van der Waals surface area contributed by atoms with Crippen LogP contribution in [0.25, 0.3) is 0 Å². The van der Waals surface area contributed by atoms with Gasteiger partial charge in [0.2, 0.25) is 11.8 Å². The fourth-order valence-corrected chi connectivity index (χ4v) is 1.16. The molecule has 0 aromatic rings. The average Bonchev–Trinajstić information content (AvgIpc) is 2.38. The number of urea groups is 1. The van der Waals surface area contributed by atoms with E-state index in [9.17, 15) is 14.4 Å². The fraction of sp³-hybridized carbons (Fsp3) is 0.727. The van der Waals surface area contributed by atoms with Crippen molar-refractivity contribution in [1.29, 1.82) is 0 Å². The number of carbonyl (C=O) groups excluding carboxylic acids is 3. The molecule has 0 aliphatic heterocycles. The van der Waals surface area contributed by atoms with Crippen LogP contribution in [0.3, 0.4) is 0 Å². The van der Waals surface area contributed by atoms with Crippen LogP contribution in [0.2, 0.25) is 0 Å². The number of rotatable bonds is 8. The molecule has 4 amide bonds. The van der Waals surface area contributed by atoms with Gasteiger partial charge in [-0.1, -0.05) is 0 Å². The van der Waals surface area contributed by atoms with Gasteiger partial charge in [0.15, 0.2) is 0 Å². The number of amides is 4. The van der Waals surface area contributed by atoms with Gasteiger partial charge in [0.05, 0.1) is 12.6 Å². The van der Waals surface area contributed by atoms with Gasteiger partial charge in [0.1, 0.15) is 0 Å². The molecule has 0 fully saturated rings. The van der Waals surface area contributed by atoms with Crippen molar-refractivity contribution in [2.45, 2.75) is 19.4 Å². The predicted molar refractivity (Wildman–Crippen MR) is 69.6 cm³/mol. The number of hydrogen-bond donors (Lipinski definition) is 4. The molecule has 0 aliphatic carbocycles. The lowest BCUT2D eigenvalue weighted by atomic mass is 10.3. The molecule has 0 saturated heterocycles. The van der Waals surface area contributed by atoms with Crippen molar-refractivity contribution < 1.29 is 19.1 Å². The smallest absolute Gasteiger partial charge is 0.321 e. The highest BCUT2D eigenvalue weighted by Crippen LogP contribution is 1.84. The van der Waals surface area contributed by atoms with Gasteiger partial charge in [-0.2, -0.15) is 0 Å². The molecule has 110 valence electrons. The second kappa shape index (κ2) is 10.3. The number of carbonyl (C=O) groups is 3. The second-order valence-corrected chi connectivity index (χ2v) is 3.84. The predicted octanol–water partition coefficient (Wildman–Crippen LogP) is -1.43. The van der Waals surface area contributed by atoms with E-state index in [2.05, 4.69) is 21.3 Å². The first-order chi connectivity index (χ1) is 9.01. The summed E-state index contributed by atoms with van der Waals surface area (Å²) in [7, 11) is 2.98. The molecule has 0 aliphatic rings. The van der Waals surface area contributed by atoms with Crippen LogP contribution < -0.4 is 21.3 Å². The van der Waals surface area contributed by atoms with Crippen LogP contribution in [0, 0.1) is 0 Å². The summed E-state index contributed by atoms with van der Waals surface area (Å²) in [5.74, 6) is -0.567. The minimum atomic E-state index is -0.559. The molecule has 4 N–H and O–H groups in total. The number of nitrogens with one attached hydrogen (secondary N) is 4. The van der Waals surface area contributed by atoms with E-state index in [1.165, 1.54) is 7.05 Å². The Morgan fingerprint density at radius 3 is 2.47 bits per heavy atom.